The number of nitrogens with one attached hydrogen (secondary N) is 1. The van der Waals surface area contributed by atoms with E-state index in [9.17, 15) is 8.78 Å². The minimum Gasteiger partial charge on any atom is -0.489 e. The zero-order valence-electron chi connectivity index (χ0n) is 22.4. The molecule has 38 heavy (non-hydrogen) atoms. The summed E-state index contributed by atoms with van der Waals surface area (Å²) < 4.78 is 37.8. The summed E-state index contributed by atoms with van der Waals surface area (Å²) in [4.78, 5) is 19.6. The Morgan fingerprint density at radius 3 is 2.37 bits per heavy atom. The van der Waals surface area contributed by atoms with Gasteiger partial charge in [0.1, 0.15) is 34.7 Å². The van der Waals surface area contributed by atoms with E-state index in [1.54, 1.807) is 18.3 Å². The van der Waals surface area contributed by atoms with Crippen LogP contribution in [-0.2, 0) is 0 Å². The number of benzene rings is 1. The summed E-state index contributed by atoms with van der Waals surface area (Å²) in [5.41, 5.74) is 1.14. The van der Waals surface area contributed by atoms with Crippen LogP contribution in [0.1, 0.15) is 52.4 Å². The van der Waals surface area contributed by atoms with Crippen LogP contribution in [0, 0.1) is 18.6 Å². The number of halogens is 2. The van der Waals surface area contributed by atoms with Crippen molar-refractivity contribution >= 4 is 22.8 Å². The number of rotatable bonds is 7. The van der Waals surface area contributed by atoms with Crippen LogP contribution in [0.2, 0.25) is 0 Å². The molecule has 1 N–H and O–H groups in total. The molecule has 8 nitrogen and oxygen atoms in total. The van der Waals surface area contributed by atoms with E-state index >= 15 is 0 Å². The lowest BCUT2D eigenvalue weighted by molar-refractivity contribution is 0.0841. The van der Waals surface area contributed by atoms with Crippen LogP contribution in [0.4, 0.5) is 20.5 Å². The molecular formula is C28H33F2N7O. The van der Waals surface area contributed by atoms with Crippen LogP contribution in [0.25, 0.3) is 22.3 Å². The second-order valence-electron chi connectivity index (χ2n) is 10.3. The molecule has 0 amide bonds. The molecule has 0 atom stereocenters. The molecule has 0 bridgehead atoms. The summed E-state index contributed by atoms with van der Waals surface area (Å²) in [6.07, 6.45) is 4.85. The molecule has 1 aliphatic heterocycles. The maximum Gasteiger partial charge on any atom is 0.229 e. The molecule has 200 valence electrons. The first-order valence-electron chi connectivity index (χ1n) is 13.0. The van der Waals surface area contributed by atoms with Crippen LogP contribution in [0.3, 0.4) is 0 Å². The first kappa shape index (κ1) is 26.0. The number of piperidine rings is 1. The van der Waals surface area contributed by atoms with E-state index in [1.807, 2.05) is 31.4 Å². The molecule has 1 saturated heterocycles. The van der Waals surface area contributed by atoms with Crippen LogP contribution in [0.5, 0.6) is 5.75 Å². The van der Waals surface area contributed by atoms with Gasteiger partial charge in [-0.2, -0.15) is 0 Å². The molecule has 1 fully saturated rings. The van der Waals surface area contributed by atoms with Crippen LogP contribution < -0.4 is 10.1 Å². The van der Waals surface area contributed by atoms with Crippen molar-refractivity contribution in [2.45, 2.75) is 65.6 Å². The van der Waals surface area contributed by atoms with Crippen LogP contribution in [-0.4, -0.2) is 54.6 Å². The average molecular weight is 522 g/mol. The molecule has 5 rings (SSSR count). The molecule has 0 spiro atoms. The number of nitrogens with zero attached hydrogens (tertiary/aromatic N) is 6. The Labute approximate surface area is 221 Å². The number of ether oxygens (including phenoxy) is 1. The summed E-state index contributed by atoms with van der Waals surface area (Å²) in [5.74, 6) is 0.843. The number of fused-ring (bicyclic) bond motifs is 1. The number of imidazole rings is 1. The fraction of sp³-hybridized carbons (Fsp3) is 0.429. The molecule has 10 heteroatoms. The Bertz CT molecular complexity index is 1430. The van der Waals surface area contributed by atoms with Crippen molar-refractivity contribution in [1.29, 1.82) is 0 Å². The Balaban J connectivity index is 1.33. The van der Waals surface area contributed by atoms with Gasteiger partial charge in [0.25, 0.3) is 0 Å². The third-order valence-corrected chi connectivity index (χ3v) is 6.94. The number of aryl methyl sites for hydroxylation is 1. The van der Waals surface area contributed by atoms with Gasteiger partial charge in [-0.1, -0.05) is 0 Å². The summed E-state index contributed by atoms with van der Waals surface area (Å²) in [6, 6.07) is 7.18. The third-order valence-electron chi connectivity index (χ3n) is 6.94. The fourth-order valence-corrected chi connectivity index (χ4v) is 5.03. The Morgan fingerprint density at radius 1 is 0.947 bits per heavy atom. The predicted molar refractivity (Wildman–Crippen MR) is 144 cm³/mol. The van der Waals surface area contributed by atoms with E-state index in [4.69, 9.17) is 4.74 Å². The van der Waals surface area contributed by atoms with Crippen LogP contribution in [0.15, 0.2) is 36.7 Å². The first-order valence-corrected chi connectivity index (χ1v) is 13.0. The predicted octanol–water partition coefficient (Wildman–Crippen LogP) is 6.05. The fourth-order valence-electron chi connectivity index (χ4n) is 5.03. The molecular weight excluding hydrogens is 488 g/mol. The first-order chi connectivity index (χ1) is 18.2. The highest BCUT2D eigenvalue weighted by Gasteiger charge is 2.22. The summed E-state index contributed by atoms with van der Waals surface area (Å²) in [6.45, 7) is 12.3. The Hall–Kier alpha value is -3.66. The lowest BCUT2D eigenvalue weighted by Gasteiger charge is -2.34. The van der Waals surface area contributed by atoms with E-state index < -0.39 is 11.6 Å². The standard InChI is InChI=1S/C28H33F2N7O/c1-16(2)36-10-8-20(9-11-36)38-21-6-7-25(31-14-21)34-28-32-15-23(30)26(35-28)19-12-22(29)27-24(13-19)37(17(3)4)18(5)33-27/h6-7,12-17,20H,8-11H2,1-5H3,(H,31,32,34,35). The van der Waals surface area contributed by atoms with Gasteiger partial charge in [0.2, 0.25) is 5.95 Å². The molecule has 3 aromatic heterocycles. The maximum atomic E-state index is 14.9. The van der Waals surface area contributed by atoms with E-state index in [-0.39, 0.29) is 29.3 Å². The monoisotopic (exact) mass is 521 g/mol. The lowest BCUT2D eigenvalue weighted by Crippen LogP contribution is -2.41. The van der Waals surface area contributed by atoms with Gasteiger partial charge in [0, 0.05) is 30.7 Å². The van der Waals surface area contributed by atoms with Gasteiger partial charge >= 0.3 is 0 Å². The summed E-state index contributed by atoms with van der Waals surface area (Å²) >= 11 is 0. The van der Waals surface area contributed by atoms with Gasteiger partial charge in [-0.15, -0.1) is 0 Å². The summed E-state index contributed by atoms with van der Waals surface area (Å²) in [7, 11) is 0. The maximum absolute atomic E-state index is 14.9. The van der Waals surface area contributed by atoms with Crippen molar-refractivity contribution < 1.29 is 13.5 Å². The molecule has 0 saturated carbocycles. The number of anilines is 2. The van der Waals surface area contributed by atoms with Gasteiger partial charge in [0.15, 0.2) is 11.6 Å². The van der Waals surface area contributed by atoms with Gasteiger partial charge in [-0.05, 0) is 71.7 Å². The highest BCUT2D eigenvalue weighted by molar-refractivity contribution is 5.83. The Morgan fingerprint density at radius 2 is 1.71 bits per heavy atom. The van der Waals surface area contributed by atoms with Gasteiger partial charge < -0.3 is 19.5 Å². The number of pyridine rings is 1. The Kier molecular flexibility index (Phi) is 7.25. The minimum atomic E-state index is -0.651. The van der Waals surface area contributed by atoms with Crippen molar-refractivity contribution in [3.8, 4) is 17.0 Å². The minimum absolute atomic E-state index is 0.00912. The van der Waals surface area contributed by atoms with Crippen molar-refractivity contribution in [1.82, 2.24) is 29.4 Å². The number of hydrogen-bond acceptors (Lipinski definition) is 7. The molecule has 1 aliphatic rings. The smallest absolute Gasteiger partial charge is 0.229 e. The highest BCUT2D eigenvalue weighted by atomic mass is 19.1. The zero-order valence-corrected chi connectivity index (χ0v) is 22.4. The topological polar surface area (TPSA) is 81.0 Å². The molecule has 0 unspecified atom stereocenters. The van der Waals surface area contributed by atoms with Gasteiger partial charge in [0.05, 0.1) is 17.9 Å². The summed E-state index contributed by atoms with van der Waals surface area (Å²) in [5, 5.41) is 3.00. The van der Waals surface area contributed by atoms with Crippen molar-refractivity contribution in [2.24, 2.45) is 0 Å². The molecule has 4 aromatic rings. The third kappa shape index (κ3) is 5.31. The average Bonchev–Trinajstić information content (AvgIpc) is 3.23. The molecule has 0 aliphatic carbocycles. The largest absolute Gasteiger partial charge is 0.489 e. The van der Waals surface area contributed by atoms with E-state index in [0.717, 1.165) is 32.1 Å². The molecule has 4 heterocycles. The zero-order chi connectivity index (χ0) is 27.0. The van der Waals surface area contributed by atoms with Crippen LogP contribution >= 0.6 is 0 Å². The molecule has 1 aromatic carbocycles. The number of likely N-dealkylation sites (tertiary alicyclic amines) is 1. The van der Waals surface area contributed by atoms with E-state index in [0.29, 0.717) is 34.5 Å². The normalized spacial score (nSPS) is 15.1. The lowest BCUT2D eigenvalue weighted by atomic mass is 10.1. The molecule has 0 radical (unpaired) electrons. The number of hydrogen-bond donors (Lipinski definition) is 1. The second kappa shape index (κ2) is 10.6. The van der Waals surface area contributed by atoms with Gasteiger partial charge in [-0.3, -0.25) is 0 Å². The highest BCUT2D eigenvalue weighted by Crippen LogP contribution is 2.30. The number of aromatic nitrogens is 5. The second-order valence-corrected chi connectivity index (χ2v) is 10.3. The van der Waals surface area contributed by atoms with Gasteiger partial charge in [-0.25, -0.2) is 28.7 Å². The van der Waals surface area contributed by atoms with Crippen molar-refractivity contribution in [3.05, 3.63) is 54.1 Å². The van der Waals surface area contributed by atoms with E-state index in [2.05, 4.69) is 44.0 Å². The van der Waals surface area contributed by atoms with Crippen molar-refractivity contribution in [2.75, 3.05) is 18.4 Å². The van der Waals surface area contributed by atoms with Crippen molar-refractivity contribution in [3.63, 3.8) is 0 Å². The quantitative estimate of drug-likeness (QED) is 0.317. The van der Waals surface area contributed by atoms with E-state index in [1.165, 1.54) is 6.07 Å². The SMILES string of the molecule is Cc1nc2c(F)cc(-c3nc(Nc4ccc(OC5CCN(C(C)C)CC5)cn4)ncc3F)cc2n1C(C)C.